The lowest BCUT2D eigenvalue weighted by molar-refractivity contribution is 0.350. The molecule has 0 saturated heterocycles. The predicted molar refractivity (Wildman–Crippen MR) is 40.7 cm³/mol. The molecule has 0 aliphatic heterocycles. The Balaban J connectivity index is 3.16. The Labute approximate surface area is 64.5 Å². The van der Waals surface area contributed by atoms with Crippen LogP contribution in [0.2, 0.25) is 0 Å². The average Bonchev–Trinajstić information content (AvgIpc) is 2.04. The minimum atomic E-state index is -0.272. The fraction of sp³-hybridized carbons (Fsp3) is 0.429. The molecule has 1 aromatic rings. The molecule has 0 unspecified atom stereocenters. The van der Waals surface area contributed by atoms with Crippen molar-refractivity contribution >= 4 is 0 Å². The second kappa shape index (κ2) is 3.18. The van der Waals surface area contributed by atoms with Gasteiger partial charge in [0.05, 0.1) is 7.11 Å². The van der Waals surface area contributed by atoms with Gasteiger partial charge in [0.25, 0.3) is 11.6 Å². The molecule has 0 radical (unpaired) electrons. The Morgan fingerprint density at radius 3 is 3.00 bits per heavy atom. The molecule has 0 spiro atoms. The van der Waals surface area contributed by atoms with E-state index in [-0.39, 0.29) is 5.56 Å². The van der Waals surface area contributed by atoms with Gasteiger partial charge in [-0.1, -0.05) is 0 Å². The zero-order chi connectivity index (χ0) is 8.27. The third-order valence-electron chi connectivity index (χ3n) is 1.37. The van der Waals surface area contributed by atoms with Gasteiger partial charge in [-0.2, -0.15) is 4.98 Å². The van der Waals surface area contributed by atoms with E-state index >= 15 is 0 Å². The molecule has 0 aliphatic carbocycles. The number of hydrogen-bond acceptors (Lipinski definition) is 3. The van der Waals surface area contributed by atoms with E-state index < -0.39 is 0 Å². The normalized spacial score (nSPS) is 9.64. The summed E-state index contributed by atoms with van der Waals surface area (Å²) in [5.74, 6) is 0. The van der Waals surface area contributed by atoms with Crippen molar-refractivity contribution in [3.63, 3.8) is 0 Å². The highest BCUT2D eigenvalue weighted by Crippen LogP contribution is 2.00. The molecule has 0 saturated carbocycles. The van der Waals surface area contributed by atoms with E-state index in [1.165, 1.54) is 13.2 Å². The van der Waals surface area contributed by atoms with Gasteiger partial charge in [-0.3, -0.25) is 4.79 Å². The minimum Gasteiger partial charge on any atom is -0.468 e. The molecule has 0 bridgehead atoms. The Hall–Kier alpha value is -1.32. The molecule has 4 heteroatoms. The van der Waals surface area contributed by atoms with Crippen LogP contribution in [0.25, 0.3) is 0 Å². The number of aryl methyl sites for hydroxylation is 1. The Kier molecular flexibility index (Phi) is 2.25. The van der Waals surface area contributed by atoms with E-state index in [1.54, 1.807) is 10.8 Å². The summed E-state index contributed by atoms with van der Waals surface area (Å²) >= 11 is 0. The molecule has 11 heavy (non-hydrogen) atoms. The monoisotopic (exact) mass is 154 g/mol. The lowest BCUT2D eigenvalue weighted by Crippen LogP contribution is -2.12. The molecule has 0 N–H and O–H groups in total. The van der Waals surface area contributed by atoms with Crippen LogP contribution >= 0.6 is 0 Å². The maximum Gasteiger partial charge on any atom is 0.299 e. The fourth-order valence-electron chi connectivity index (χ4n) is 0.817. The quantitative estimate of drug-likeness (QED) is 0.614. The van der Waals surface area contributed by atoms with E-state index in [1.807, 2.05) is 6.92 Å². The van der Waals surface area contributed by atoms with Crippen LogP contribution in [0.15, 0.2) is 17.1 Å². The van der Waals surface area contributed by atoms with Crippen molar-refractivity contribution in [1.82, 2.24) is 9.55 Å². The lowest BCUT2D eigenvalue weighted by atomic mass is 10.6. The van der Waals surface area contributed by atoms with Gasteiger partial charge >= 0.3 is 0 Å². The number of methoxy groups -OCH3 is 1. The molecule has 60 valence electrons. The van der Waals surface area contributed by atoms with Crippen molar-refractivity contribution in [3.8, 4) is 6.01 Å². The van der Waals surface area contributed by atoms with Gasteiger partial charge in [0, 0.05) is 18.8 Å². The van der Waals surface area contributed by atoms with E-state index in [0.29, 0.717) is 6.01 Å². The van der Waals surface area contributed by atoms with Crippen LogP contribution in [0.3, 0.4) is 0 Å². The van der Waals surface area contributed by atoms with Gasteiger partial charge in [0.2, 0.25) is 0 Å². The van der Waals surface area contributed by atoms with Crippen LogP contribution < -0.4 is 10.3 Å². The van der Waals surface area contributed by atoms with E-state index in [4.69, 9.17) is 4.74 Å². The van der Waals surface area contributed by atoms with Gasteiger partial charge in [0.15, 0.2) is 0 Å². The zero-order valence-electron chi connectivity index (χ0n) is 6.57. The molecule has 0 aromatic carbocycles. The Morgan fingerprint density at radius 2 is 2.45 bits per heavy atom. The van der Waals surface area contributed by atoms with E-state index in [9.17, 15) is 4.79 Å². The van der Waals surface area contributed by atoms with E-state index in [0.717, 1.165) is 6.54 Å². The first-order valence-electron chi connectivity index (χ1n) is 3.39. The van der Waals surface area contributed by atoms with Crippen LogP contribution in [-0.2, 0) is 6.54 Å². The van der Waals surface area contributed by atoms with Gasteiger partial charge < -0.3 is 9.30 Å². The van der Waals surface area contributed by atoms with Crippen LogP contribution in [0.4, 0.5) is 0 Å². The number of rotatable bonds is 2. The highest BCUT2D eigenvalue weighted by Gasteiger charge is 1.98. The standard InChI is InChI=1S/C7H10N2O2/c1-3-9-5-4-6(10)8-7(9)11-2/h4-5H,3H2,1-2H3. The maximum absolute atomic E-state index is 10.7. The second-order valence-corrected chi connectivity index (χ2v) is 2.04. The average molecular weight is 154 g/mol. The summed E-state index contributed by atoms with van der Waals surface area (Å²) in [6, 6.07) is 1.77. The zero-order valence-corrected chi connectivity index (χ0v) is 6.57. The van der Waals surface area contributed by atoms with Crippen molar-refractivity contribution in [1.29, 1.82) is 0 Å². The Bertz CT molecular complexity index is 293. The molecule has 4 nitrogen and oxygen atoms in total. The Morgan fingerprint density at radius 1 is 1.73 bits per heavy atom. The molecule has 0 aliphatic rings. The number of nitrogens with zero attached hydrogens (tertiary/aromatic N) is 2. The first-order valence-corrected chi connectivity index (χ1v) is 3.39. The molecule has 1 heterocycles. The van der Waals surface area contributed by atoms with Gasteiger partial charge in [-0.25, -0.2) is 0 Å². The predicted octanol–water partition coefficient (Wildman–Crippen LogP) is 0.272. The summed E-state index contributed by atoms with van der Waals surface area (Å²) in [4.78, 5) is 14.4. The number of aromatic nitrogens is 2. The van der Waals surface area contributed by atoms with E-state index in [2.05, 4.69) is 4.98 Å². The third-order valence-corrected chi connectivity index (χ3v) is 1.37. The van der Waals surface area contributed by atoms with Crippen molar-refractivity contribution in [3.05, 3.63) is 22.6 Å². The summed E-state index contributed by atoms with van der Waals surface area (Å²) in [6.07, 6.45) is 1.66. The lowest BCUT2D eigenvalue weighted by Gasteiger charge is -2.05. The SMILES string of the molecule is CCn1ccc(=O)nc1OC. The largest absolute Gasteiger partial charge is 0.468 e. The van der Waals surface area contributed by atoms with Crippen molar-refractivity contribution in [2.75, 3.05) is 7.11 Å². The van der Waals surface area contributed by atoms with Crippen molar-refractivity contribution < 1.29 is 4.74 Å². The maximum atomic E-state index is 10.7. The number of ether oxygens (including phenoxy) is 1. The minimum absolute atomic E-state index is 0.272. The third kappa shape index (κ3) is 1.58. The second-order valence-electron chi connectivity index (χ2n) is 2.04. The van der Waals surface area contributed by atoms with Crippen LogP contribution in [0.5, 0.6) is 6.01 Å². The summed E-state index contributed by atoms with van der Waals surface area (Å²) in [6.45, 7) is 2.70. The van der Waals surface area contributed by atoms with Crippen molar-refractivity contribution in [2.24, 2.45) is 0 Å². The molecule has 1 aromatic heterocycles. The van der Waals surface area contributed by atoms with Gasteiger partial charge in [-0.15, -0.1) is 0 Å². The van der Waals surface area contributed by atoms with Crippen molar-refractivity contribution in [2.45, 2.75) is 13.5 Å². The first kappa shape index (κ1) is 7.78. The van der Waals surface area contributed by atoms with Crippen LogP contribution in [-0.4, -0.2) is 16.7 Å². The number of hydrogen-bond donors (Lipinski definition) is 0. The van der Waals surface area contributed by atoms with Gasteiger partial charge in [-0.05, 0) is 6.92 Å². The summed E-state index contributed by atoms with van der Waals surface area (Å²) < 4.78 is 6.62. The summed E-state index contributed by atoms with van der Waals surface area (Å²) in [7, 11) is 1.49. The summed E-state index contributed by atoms with van der Waals surface area (Å²) in [5.41, 5.74) is -0.272. The molecule has 0 amide bonds. The fourth-order valence-corrected chi connectivity index (χ4v) is 0.817. The van der Waals surface area contributed by atoms with Crippen LogP contribution in [0.1, 0.15) is 6.92 Å². The smallest absolute Gasteiger partial charge is 0.299 e. The topological polar surface area (TPSA) is 44.1 Å². The highest BCUT2D eigenvalue weighted by molar-refractivity contribution is 4.97. The summed E-state index contributed by atoms with van der Waals surface area (Å²) in [5, 5.41) is 0. The first-order chi connectivity index (χ1) is 5.27. The molecular weight excluding hydrogens is 144 g/mol. The molecule has 0 fully saturated rings. The van der Waals surface area contributed by atoms with Gasteiger partial charge in [0.1, 0.15) is 0 Å². The molecule has 1 rings (SSSR count). The highest BCUT2D eigenvalue weighted by atomic mass is 16.5. The molecular formula is C7H10N2O2. The van der Waals surface area contributed by atoms with Crippen LogP contribution in [0, 0.1) is 0 Å². The molecule has 0 atom stereocenters.